The van der Waals surface area contributed by atoms with Crippen molar-refractivity contribution in [3.8, 4) is 0 Å². The normalized spacial score (nSPS) is 14.7. The van der Waals surface area contributed by atoms with Crippen molar-refractivity contribution >= 4 is 16.9 Å². The Morgan fingerprint density at radius 1 is 1.12 bits per heavy atom. The maximum atomic E-state index is 13.0. The number of para-hydroxylation sites is 1. The number of hydrogen-bond donors (Lipinski definition) is 1. The maximum Gasteiger partial charge on any atom is 0.416 e. The Balaban J connectivity index is 1.87. The number of carboxylic acids is 1. The second-order valence-electron chi connectivity index (χ2n) is 6.64. The molecule has 6 heteroatoms. The van der Waals surface area contributed by atoms with Crippen molar-refractivity contribution in [1.82, 2.24) is 4.57 Å². The van der Waals surface area contributed by atoms with Crippen LogP contribution in [0.1, 0.15) is 45.9 Å². The molecule has 3 aromatic rings. The summed E-state index contributed by atoms with van der Waals surface area (Å²) in [7, 11) is 0. The molecule has 0 amide bonds. The standard InChI is InChI=1S/C20H16F3NO2/c21-20(22,23)14-5-3-4-12(10-14)11-24-16-7-2-1-6-15(16)17(13-8-9-13)18(24)19(25)26/h1-7,10,13H,8-9,11H2,(H,25,26). The van der Waals surface area contributed by atoms with E-state index in [0.29, 0.717) is 5.56 Å². The highest BCUT2D eigenvalue weighted by Crippen LogP contribution is 2.46. The van der Waals surface area contributed by atoms with Crippen LogP contribution in [0.4, 0.5) is 13.2 Å². The van der Waals surface area contributed by atoms with Crippen LogP contribution in [-0.2, 0) is 12.7 Å². The fourth-order valence-electron chi connectivity index (χ4n) is 3.54. The van der Waals surface area contributed by atoms with Gasteiger partial charge in [0.1, 0.15) is 5.69 Å². The van der Waals surface area contributed by atoms with Crippen LogP contribution >= 0.6 is 0 Å². The Kier molecular flexibility index (Phi) is 3.79. The molecule has 1 aliphatic rings. The molecule has 1 aliphatic carbocycles. The van der Waals surface area contributed by atoms with Gasteiger partial charge in [-0.2, -0.15) is 13.2 Å². The van der Waals surface area contributed by atoms with Gasteiger partial charge >= 0.3 is 12.1 Å². The molecule has 0 bridgehead atoms. The number of hydrogen-bond acceptors (Lipinski definition) is 1. The van der Waals surface area contributed by atoms with E-state index in [-0.39, 0.29) is 18.2 Å². The van der Waals surface area contributed by atoms with Crippen LogP contribution in [0.5, 0.6) is 0 Å². The van der Waals surface area contributed by atoms with E-state index < -0.39 is 17.7 Å². The Bertz CT molecular complexity index is 1000. The van der Waals surface area contributed by atoms with Crippen LogP contribution in [0.3, 0.4) is 0 Å². The minimum absolute atomic E-state index is 0.0821. The number of alkyl halides is 3. The Morgan fingerprint density at radius 2 is 1.85 bits per heavy atom. The topological polar surface area (TPSA) is 42.2 Å². The van der Waals surface area contributed by atoms with Gasteiger partial charge in [0.05, 0.1) is 5.56 Å². The molecule has 2 aromatic carbocycles. The molecule has 1 fully saturated rings. The molecule has 3 nitrogen and oxygen atoms in total. The van der Waals surface area contributed by atoms with Gasteiger partial charge in [0.15, 0.2) is 0 Å². The lowest BCUT2D eigenvalue weighted by Crippen LogP contribution is -2.12. The van der Waals surface area contributed by atoms with Crippen molar-refractivity contribution in [3.63, 3.8) is 0 Å². The number of nitrogens with zero attached hydrogens (tertiary/aromatic N) is 1. The van der Waals surface area contributed by atoms with Crippen molar-refractivity contribution in [2.75, 3.05) is 0 Å². The van der Waals surface area contributed by atoms with Gasteiger partial charge in [0, 0.05) is 17.4 Å². The molecule has 1 N–H and O–H groups in total. The highest BCUT2D eigenvalue weighted by Gasteiger charge is 2.34. The van der Waals surface area contributed by atoms with Crippen molar-refractivity contribution < 1.29 is 23.1 Å². The van der Waals surface area contributed by atoms with Crippen LogP contribution in [0.25, 0.3) is 10.9 Å². The predicted molar refractivity (Wildman–Crippen MR) is 91.4 cm³/mol. The lowest BCUT2D eigenvalue weighted by molar-refractivity contribution is -0.137. The van der Waals surface area contributed by atoms with Crippen LogP contribution in [0, 0.1) is 0 Å². The van der Waals surface area contributed by atoms with Gasteiger partial charge in [-0.05, 0) is 48.1 Å². The summed E-state index contributed by atoms with van der Waals surface area (Å²) in [5.41, 5.74) is 1.42. The average molecular weight is 359 g/mol. The van der Waals surface area contributed by atoms with Gasteiger partial charge in [-0.15, -0.1) is 0 Å². The summed E-state index contributed by atoms with van der Waals surface area (Å²) in [6.07, 6.45) is -2.54. The summed E-state index contributed by atoms with van der Waals surface area (Å²) in [4.78, 5) is 12.0. The number of benzene rings is 2. The zero-order valence-corrected chi connectivity index (χ0v) is 13.8. The van der Waals surface area contributed by atoms with E-state index in [1.807, 2.05) is 24.3 Å². The first kappa shape index (κ1) is 16.7. The Morgan fingerprint density at radius 3 is 2.50 bits per heavy atom. The minimum Gasteiger partial charge on any atom is -0.477 e. The molecule has 1 heterocycles. The van der Waals surface area contributed by atoms with Gasteiger partial charge in [0.2, 0.25) is 0 Å². The molecular weight excluding hydrogens is 343 g/mol. The lowest BCUT2D eigenvalue weighted by atomic mass is 10.1. The third-order valence-electron chi connectivity index (χ3n) is 4.79. The molecule has 0 aliphatic heterocycles. The van der Waals surface area contributed by atoms with Crippen molar-refractivity contribution in [2.24, 2.45) is 0 Å². The van der Waals surface area contributed by atoms with E-state index in [2.05, 4.69) is 0 Å². The lowest BCUT2D eigenvalue weighted by Gasteiger charge is -2.12. The maximum absolute atomic E-state index is 13.0. The monoisotopic (exact) mass is 359 g/mol. The van der Waals surface area contributed by atoms with Gasteiger partial charge in [-0.3, -0.25) is 0 Å². The fourth-order valence-corrected chi connectivity index (χ4v) is 3.54. The third-order valence-corrected chi connectivity index (χ3v) is 4.79. The Hall–Kier alpha value is -2.76. The van der Waals surface area contributed by atoms with Crippen molar-refractivity contribution in [1.29, 1.82) is 0 Å². The number of carboxylic acid groups (broad SMARTS) is 1. The van der Waals surface area contributed by atoms with E-state index >= 15 is 0 Å². The summed E-state index contributed by atoms with van der Waals surface area (Å²) in [5, 5.41) is 10.7. The van der Waals surface area contributed by atoms with Crippen LogP contribution < -0.4 is 0 Å². The quantitative estimate of drug-likeness (QED) is 0.688. The highest BCUT2D eigenvalue weighted by molar-refractivity contribution is 5.99. The van der Waals surface area contributed by atoms with E-state index in [1.165, 1.54) is 6.07 Å². The number of rotatable bonds is 4. The zero-order valence-electron chi connectivity index (χ0n) is 13.8. The summed E-state index contributed by atoms with van der Waals surface area (Å²) < 4.78 is 40.6. The molecule has 0 spiro atoms. The van der Waals surface area contributed by atoms with Crippen LogP contribution in [0.15, 0.2) is 48.5 Å². The largest absolute Gasteiger partial charge is 0.477 e. The van der Waals surface area contributed by atoms with Crippen LogP contribution in [0.2, 0.25) is 0 Å². The van der Waals surface area contributed by atoms with E-state index in [1.54, 1.807) is 10.6 Å². The molecular formula is C20H16F3NO2. The van der Waals surface area contributed by atoms with Gasteiger partial charge in [-0.25, -0.2) is 4.79 Å². The van der Waals surface area contributed by atoms with Gasteiger partial charge in [0.25, 0.3) is 0 Å². The average Bonchev–Trinajstić information content (AvgIpc) is 3.38. The molecule has 0 radical (unpaired) electrons. The molecule has 0 saturated heterocycles. The molecule has 1 aromatic heterocycles. The Labute approximate surface area is 147 Å². The third kappa shape index (κ3) is 2.85. The molecule has 0 unspecified atom stereocenters. The van der Waals surface area contributed by atoms with E-state index in [4.69, 9.17) is 0 Å². The highest BCUT2D eigenvalue weighted by atomic mass is 19.4. The van der Waals surface area contributed by atoms with Crippen LogP contribution in [-0.4, -0.2) is 15.6 Å². The number of fused-ring (bicyclic) bond motifs is 1. The molecule has 134 valence electrons. The van der Waals surface area contributed by atoms with Gasteiger partial charge in [-0.1, -0.05) is 30.3 Å². The first-order valence-corrected chi connectivity index (χ1v) is 8.37. The zero-order chi connectivity index (χ0) is 18.5. The molecule has 4 rings (SSSR count). The number of carbonyl (C=O) groups is 1. The number of halogens is 3. The molecule has 0 atom stereocenters. The minimum atomic E-state index is -4.43. The second-order valence-corrected chi connectivity index (χ2v) is 6.64. The fraction of sp³-hybridized carbons (Fsp3) is 0.250. The van der Waals surface area contributed by atoms with E-state index in [9.17, 15) is 23.1 Å². The number of aromatic carboxylic acids is 1. The molecule has 26 heavy (non-hydrogen) atoms. The van der Waals surface area contributed by atoms with Crippen molar-refractivity contribution in [2.45, 2.75) is 31.5 Å². The summed E-state index contributed by atoms with van der Waals surface area (Å²) in [5.74, 6) is -0.830. The first-order valence-electron chi connectivity index (χ1n) is 8.37. The SMILES string of the molecule is O=C(O)c1c(C2CC2)c2ccccc2n1Cc1cccc(C(F)(F)F)c1. The van der Waals surface area contributed by atoms with Crippen molar-refractivity contribution in [3.05, 3.63) is 70.9 Å². The predicted octanol–water partition coefficient (Wildman–Crippen LogP) is 5.28. The smallest absolute Gasteiger partial charge is 0.416 e. The molecule has 1 saturated carbocycles. The summed E-state index contributed by atoms with van der Waals surface area (Å²) >= 11 is 0. The van der Waals surface area contributed by atoms with Gasteiger partial charge < -0.3 is 9.67 Å². The summed E-state index contributed by atoms with van der Waals surface area (Å²) in [6.45, 7) is 0.0821. The summed E-state index contributed by atoms with van der Waals surface area (Å²) in [6, 6.07) is 12.4. The number of aromatic nitrogens is 1. The second kappa shape index (κ2) is 5.90. The first-order chi connectivity index (χ1) is 12.4. The van der Waals surface area contributed by atoms with E-state index in [0.717, 1.165) is 41.4 Å².